The lowest BCUT2D eigenvalue weighted by Crippen LogP contribution is -2.35. The molecule has 17 heavy (non-hydrogen) atoms. The van der Waals surface area contributed by atoms with Crippen LogP contribution in [0.2, 0.25) is 0 Å². The van der Waals surface area contributed by atoms with Crippen LogP contribution >= 0.6 is 0 Å². The van der Waals surface area contributed by atoms with Crippen LogP contribution in [-0.4, -0.2) is 23.5 Å². The molecular formula is C14H21FN2. The van der Waals surface area contributed by atoms with E-state index in [4.69, 9.17) is 5.73 Å². The Morgan fingerprint density at radius 2 is 2.12 bits per heavy atom. The minimum atomic E-state index is -0.134. The normalized spacial score (nSPS) is 25.8. The predicted octanol–water partition coefficient (Wildman–Crippen LogP) is 2.62. The Hall–Kier alpha value is -0.930. The number of benzene rings is 1. The molecule has 1 aliphatic rings. The summed E-state index contributed by atoms with van der Waals surface area (Å²) in [6.07, 6.45) is 0.984. The van der Waals surface area contributed by atoms with Gasteiger partial charge in [0, 0.05) is 18.6 Å². The van der Waals surface area contributed by atoms with Gasteiger partial charge in [-0.25, -0.2) is 4.39 Å². The number of aryl methyl sites for hydroxylation is 1. The Kier molecular flexibility index (Phi) is 3.50. The molecule has 0 amide bonds. The molecule has 94 valence electrons. The third-order valence-electron chi connectivity index (χ3n) is 3.68. The van der Waals surface area contributed by atoms with Gasteiger partial charge in [-0.3, -0.25) is 4.90 Å². The first kappa shape index (κ1) is 12.5. The van der Waals surface area contributed by atoms with Gasteiger partial charge in [0.05, 0.1) is 6.04 Å². The summed E-state index contributed by atoms with van der Waals surface area (Å²) >= 11 is 0. The lowest BCUT2D eigenvalue weighted by Gasteiger charge is -2.30. The lowest BCUT2D eigenvalue weighted by molar-refractivity contribution is 0.198. The summed E-state index contributed by atoms with van der Waals surface area (Å²) in [5.41, 5.74) is 7.86. The minimum absolute atomic E-state index is 0.111. The molecule has 0 spiro atoms. The Morgan fingerprint density at radius 1 is 1.41 bits per heavy atom. The zero-order valence-electron chi connectivity index (χ0n) is 10.8. The van der Waals surface area contributed by atoms with Crippen molar-refractivity contribution in [3.63, 3.8) is 0 Å². The SMILES string of the molecule is Cc1ccc(C2C(N)CCN2C(C)C)cc1F. The van der Waals surface area contributed by atoms with Gasteiger partial charge in [0.1, 0.15) is 5.82 Å². The fourth-order valence-electron chi connectivity index (χ4n) is 2.65. The second kappa shape index (κ2) is 4.75. The standard InChI is InChI=1S/C14H21FN2/c1-9(2)17-7-6-13(16)14(17)11-5-4-10(3)12(15)8-11/h4-5,8-9,13-14H,6-7,16H2,1-3H3. The van der Waals surface area contributed by atoms with E-state index in [1.54, 1.807) is 13.0 Å². The molecule has 1 aliphatic heterocycles. The number of hydrogen-bond donors (Lipinski definition) is 1. The van der Waals surface area contributed by atoms with Gasteiger partial charge >= 0.3 is 0 Å². The molecule has 2 N–H and O–H groups in total. The van der Waals surface area contributed by atoms with Crippen molar-refractivity contribution < 1.29 is 4.39 Å². The van der Waals surface area contributed by atoms with Gasteiger partial charge < -0.3 is 5.73 Å². The smallest absolute Gasteiger partial charge is 0.126 e. The third kappa shape index (κ3) is 2.35. The van der Waals surface area contributed by atoms with Crippen LogP contribution in [0.1, 0.15) is 37.4 Å². The number of rotatable bonds is 2. The van der Waals surface area contributed by atoms with Crippen LogP contribution < -0.4 is 5.73 Å². The Balaban J connectivity index is 2.33. The van der Waals surface area contributed by atoms with Crippen LogP contribution in [0.3, 0.4) is 0 Å². The molecule has 1 saturated heterocycles. The molecule has 0 aromatic heterocycles. The van der Waals surface area contributed by atoms with E-state index in [0.29, 0.717) is 11.6 Å². The molecular weight excluding hydrogens is 215 g/mol. The average Bonchev–Trinajstić information content (AvgIpc) is 2.64. The largest absolute Gasteiger partial charge is 0.326 e. The molecule has 0 radical (unpaired) electrons. The van der Waals surface area contributed by atoms with Crippen LogP contribution in [-0.2, 0) is 0 Å². The molecule has 2 nitrogen and oxygen atoms in total. The summed E-state index contributed by atoms with van der Waals surface area (Å²) in [6, 6.07) is 6.20. The number of likely N-dealkylation sites (tertiary alicyclic amines) is 1. The molecule has 1 aromatic carbocycles. The zero-order valence-corrected chi connectivity index (χ0v) is 10.8. The Bertz CT molecular complexity index is 403. The van der Waals surface area contributed by atoms with Crippen LogP contribution in [0.4, 0.5) is 4.39 Å². The molecule has 1 aromatic rings. The van der Waals surface area contributed by atoms with E-state index in [1.807, 2.05) is 12.1 Å². The third-order valence-corrected chi connectivity index (χ3v) is 3.68. The predicted molar refractivity (Wildman–Crippen MR) is 68.3 cm³/mol. The van der Waals surface area contributed by atoms with Gasteiger partial charge in [0.15, 0.2) is 0 Å². The van der Waals surface area contributed by atoms with Gasteiger partial charge in [-0.2, -0.15) is 0 Å². The average molecular weight is 236 g/mol. The summed E-state index contributed by atoms with van der Waals surface area (Å²) in [7, 11) is 0. The summed E-state index contributed by atoms with van der Waals surface area (Å²) in [5, 5.41) is 0. The zero-order chi connectivity index (χ0) is 12.6. The highest BCUT2D eigenvalue weighted by atomic mass is 19.1. The Labute approximate surface area is 103 Å². The van der Waals surface area contributed by atoms with Crippen LogP contribution in [0.15, 0.2) is 18.2 Å². The molecule has 2 unspecified atom stereocenters. The maximum absolute atomic E-state index is 13.6. The molecule has 2 atom stereocenters. The summed E-state index contributed by atoms with van der Waals surface area (Å²) in [5.74, 6) is -0.134. The van der Waals surface area contributed by atoms with E-state index in [-0.39, 0.29) is 17.9 Å². The minimum Gasteiger partial charge on any atom is -0.326 e. The maximum atomic E-state index is 13.6. The molecule has 3 heteroatoms. The molecule has 1 heterocycles. The highest BCUT2D eigenvalue weighted by molar-refractivity contribution is 5.28. The van der Waals surface area contributed by atoms with Gasteiger partial charge in [-0.15, -0.1) is 0 Å². The van der Waals surface area contributed by atoms with Crippen molar-refractivity contribution in [1.82, 2.24) is 4.90 Å². The van der Waals surface area contributed by atoms with Gasteiger partial charge in [0.25, 0.3) is 0 Å². The maximum Gasteiger partial charge on any atom is 0.126 e. The van der Waals surface area contributed by atoms with Crippen LogP contribution in [0, 0.1) is 12.7 Å². The summed E-state index contributed by atoms with van der Waals surface area (Å²) in [6.45, 7) is 7.11. The second-order valence-electron chi connectivity index (χ2n) is 5.24. The van der Waals surface area contributed by atoms with Crippen molar-refractivity contribution in [1.29, 1.82) is 0 Å². The Morgan fingerprint density at radius 3 is 2.71 bits per heavy atom. The summed E-state index contributed by atoms with van der Waals surface area (Å²) < 4.78 is 13.6. The highest BCUT2D eigenvalue weighted by Crippen LogP contribution is 2.33. The quantitative estimate of drug-likeness (QED) is 0.855. The monoisotopic (exact) mass is 236 g/mol. The molecule has 0 bridgehead atoms. The van der Waals surface area contributed by atoms with Gasteiger partial charge in [-0.1, -0.05) is 12.1 Å². The van der Waals surface area contributed by atoms with Crippen molar-refractivity contribution in [2.75, 3.05) is 6.54 Å². The van der Waals surface area contributed by atoms with Crippen LogP contribution in [0.5, 0.6) is 0 Å². The fourth-order valence-corrected chi connectivity index (χ4v) is 2.65. The first-order valence-electron chi connectivity index (χ1n) is 6.28. The van der Waals surface area contributed by atoms with Crippen molar-refractivity contribution in [2.45, 2.75) is 45.3 Å². The van der Waals surface area contributed by atoms with Crippen molar-refractivity contribution >= 4 is 0 Å². The van der Waals surface area contributed by atoms with E-state index in [9.17, 15) is 4.39 Å². The van der Waals surface area contributed by atoms with Crippen LogP contribution in [0.25, 0.3) is 0 Å². The van der Waals surface area contributed by atoms with Crippen molar-refractivity contribution in [3.8, 4) is 0 Å². The topological polar surface area (TPSA) is 29.3 Å². The van der Waals surface area contributed by atoms with E-state index in [1.165, 1.54) is 0 Å². The van der Waals surface area contributed by atoms with Gasteiger partial charge in [-0.05, 0) is 44.4 Å². The van der Waals surface area contributed by atoms with Crippen molar-refractivity contribution in [2.24, 2.45) is 5.73 Å². The fraction of sp³-hybridized carbons (Fsp3) is 0.571. The van der Waals surface area contributed by atoms with E-state index in [0.717, 1.165) is 18.5 Å². The second-order valence-corrected chi connectivity index (χ2v) is 5.24. The van der Waals surface area contributed by atoms with E-state index < -0.39 is 0 Å². The van der Waals surface area contributed by atoms with E-state index >= 15 is 0 Å². The number of nitrogens with zero attached hydrogens (tertiary/aromatic N) is 1. The lowest BCUT2D eigenvalue weighted by atomic mass is 9.99. The molecule has 0 saturated carbocycles. The van der Waals surface area contributed by atoms with E-state index in [2.05, 4.69) is 18.7 Å². The number of halogens is 1. The molecule has 0 aliphatic carbocycles. The van der Waals surface area contributed by atoms with Gasteiger partial charge in [0.2, 0.25) is 0 Å². The first-order valence-corrected chi connectivity index (χ1v) is 6.28. The first-order chi connectivity index (χ1) is 8.00. The summed E-state index contributed by atoms with van der Waals surface area (Å²) in [4.78, 5) is 2.36. The molecule has 1 fully saturated rings. The highest BCUT2D eigenvalue weighted by Gasteiger charge is 2.34. The number of nitrogens with two attached hydrogens (primary N) is 1. The number of hydrogen-bond acceptors (Lipinski definition) is 2. The van der Waals surface area contributed by atoms with Crippen molar-refractivity contribution in [3.05, 3.63) is 35.1 Å². The molecule has 2 rings (SSSR count).